The topological polar surface area (TPSA) is 45.2 Å². The molecule has 1 saturated heterocycles. The Balaban J connectivity index is 2.13. The van der Waals surface area contributed by atoms with E-state index in [9.17, 15) is 4.79 Å². The summed E-state index contributed by atoms with van der Waals surface area (Å²) in [6.45, 7) is 6.84. The van der Waals surface area contributed by atoms with Crippen LogP contribution in [-0.2, 0) is 0 Å². The van der Waals surface area contributed by atoms with Gasteiger partial charge in [0.05, 0.1) is 5.56 Å². The highest BCUT2D eigenvalue weighted by molar-refractivity contribution is 5.94. The second-order valence-electron chi connectivity index (χ2n) is 5.19. The Kier molecular flexibility index (Phi) is 4.91. The maximum Gasteiger partial charge on any atom is 0.255 e. The molecule has 0 radical (unpaired) electrons. The van der Waals surface area contributed by atoms with Crippen LogP contribution in [0.25, 0.3) is 0 Å². The van der Waals surface area contributed by atoms with Crippen LogP contribution in [0.2, 0.25) is 0 Å². The van der Waals surface area contributed by atoms with Gasteiger partial charge in [0.25, 0.3) is 5.91 Å². The Bertz CT molecular complexity index is 410. The van der Waals surface area contributed by atoms with Gasteiger partial charge in [0, 0.05) is 31.0 Å². The van der Waals surface area contributed by atoms with Crippen LogP contribution in [-0.4, -0.2) is 41.5 Å². The SMILES string of the molecule is CCCN(C(=O)c1ccc(C)nc1)C1CCCNC1. The van der Waals surface area contributed by atoms with Gasteiger partial charge < -0.3 is 10.2 Å². The van der Waals surface area contributed by atoms with Gasteiger partial charge in [0.15, 0.2) is 0 Å². The molecule has 1 unspecified atom stereocenters. The minimum absolute atomic E-state index is 0.114. The molecule has 1 aromatic heterocycles. The summed E-state index contributed by atoms with van der Waals surface area (Å²) in [5.74, 6) is 0.114. The first-order valence-electron chi connectivity index (χ1n) is 7.16. The quantitative estimate of drug-likeness (QED) is 0.901. The molecule has 1 atom stereocenters. The van der Waals surface area contributed by atoms with Gasteiger partial charge in [0.2, 0.25) is 0 Å². The number of rotatable bonds is 4. The number of piperidine rings is 1. The fourth-order valence-electron chi connectivity index (χ4n) is 2.55. The van der Waals surface area contributed by atoms with Crippen molar-refractivity contribution in [3.05, 3.63) is 29.6 Å². The van der Waals surface area contributed by atoms with E-state index in [0.29, 0.717) is 11.6 Å². The Morgan fingerprint density at radius 2 is 2.37 bits per heavy atom. The van der Waals surface area contributed by atoms with E-state index in [-0.39, 0.29) is 5.91 Å². The van der Waals surface area contributed by atoms with E-state index in [0.717, 1.165) is 44.6 Å². The minimum atomic E-state index is 0.114. The average Bonchev–Trinajstić information content (AvgIpc) is 2.46. The van der Waals surface area contributed by atoms with Gasteiger partial charge in [-0.2, -0.15) is 0 Å². The van der Waals surface area contributed by atoms with Crippen molar-refractivity contribution in [1.82, 2.24) is 15.2 Å². The van der Waals surface area contributed by atoms with Gasteiger partial charge >= 0.3 is 0 Å². The number of aromatic nitrogens is 1. The summed E-state index contributed by atoms with van der Waals surface area (Å²) in [7, 11) is 0. The van der Waals surface area contributed by atoms with Gasteiger partial charge in [-0.3, -0.25) is 9.78 Å². The number of nitrogens with zero attached hydrogens (tertiary/aromatic N) is 2. The third-order valence-electron chi connectivity index (χ3n) is 3.60. The summed E-state index contributed by atoms with van der Waals surface area (Å²) in [5, 5.41) is 3.38. The van der Waals surface area contributed by atoms with Crippen molar-refractivity contribution in [2.24, 2.45) is 0 Å². The molecule has 0 aliphatic carbocycles. The van der Waals surface area contributed by atoms with Crippen LogP contribution in [0.15, 0.2) is 18.3 Å². The zero-order valence-corrected chi connectivity index (χ0v) is 11.9. The Morgan fingerprint density at radius 1 is 1.53 bits per heavy atom. The van der Waals surface area contributed by atoms with Gasteiger partial charge in [-0.25, -0.2) is 0 Å². The van der Waals surface area contributed by atoms with Crippen molar-refractivity contribution in [1.29, 1.82) is 0 Å². The second kappa shape index (κ2) is 6.66. The molecule has 1 fully saturated rings. The molecule has 0 saturated carbocycles. The van der Waals surface area contributed by atoms with Crippen molar-refractivity contribution in [3.8, 4) is 0 Å². The molecule has 1 aliphatic heterocycles. The molecule has 1 amide bonds. The monoisotopic (exact) mass is 261 g/mol. The molecule has 1 aromatic rings. The third kappa shape index (κ3) is 3.53. The van der Waals surface area contributed by atoms with Crippen LogP contribution < -0.4 is 5.32 Å². The standard InChI is InChI=1S/C15H23N3O/c1-3-9-18(14-5-4-8-16-11-14)15(19)13-7-6-12(2)17-10-13/h6-7,10,14,16H,3-5,8-9,11H2,1-2H3. The van der Waals surface area contributed by atoms with Crippen molar-refractivity contribution in [3.63, 3.8) is 0 Å². The first-order valence-corrected chi connectivity index (χ1v) is 7.16. The summed E-state index contributed by atoms with van der Waals surface area (Å²) in [6.07, 6.45) is 4.92. The highest BCUT2D eigenvalue weighted by atomic mass is 16.2. The number of carbonyl (C=O) groups excluding carboxylic acids is 1. The predicted molar refractivity (Wildman–Crippen MR) is 76.2 cm³/mol. The lowest BCUT2D eigenvalue weighted by Crippen LogP contribution is -2.49. The van der Waals surface area contributed by atoms with E-state index >= 15 is 0 Å². The molecule has 0 aromatic carbocycles. The summed E-state index contributed by atoms with van der Waals surface area (Å²) in [5.41, 5.74) is 1.64. The number of hydrogen-bond acceptors (Lipinski definition) is 3. The molecular weight excluding hydrogens is 238 g/mol. The lowest BCUT2D eigenvalue weighted by atomic mass is 10.0. The molecule has 0 spiro atoms. The van der Waals surface area contributed by atoms with E-state index < -0.39 is 0 Å². The minimum Gasteiger partial charge on any atom is -0.334 e. The van der Waals surface area contributed by atoms with Gasteiger partial charge in [-0.05, 0) is 44.9 Å². The zero-order valence-electron chi connectivity index (χ0n) is 11.9. The normalized spacial score (nSPS) is 19.2. The van der Waals surface area contributed by atoms with Crippen molar-refractivity contribution in [2.45, 2.75) is 39.2 Å². The lowest BCUT2D eigenvalue weighted by Gasteiger charge is -2.34. The fourth-order valence-corrected chi connectivity index (χ4v) is 2.55. The van der Waals surface area contributed by atoms with Crippen LogP contribution in [0.5, 0.6) is 0 Å². The number of aryl methyl sites for hydroxylation is 1. The summed E-state index contributed by atoms with van der Waals surface area (Å²) < 4.78 is 0. The van der Waals surface area contributed by atoms with E-state index in [1.54, 1.807) is 6.20 Å². The zero-order chi connectivity index (χ0) is 13.7. The van der Waals surface area contributed by atoms with Gasteiger partial charge in [-0.15, -0.1) is 0 Å². The average molecular weight is 261 g/mol. The number of carbonyl (C=O) groups is 1. The maximum atomic E-state index is 12.6. The van der Waals surface area contributed by atoms with Crippen molar-refractivity contribution >= 4 is 5.91 Å². The van der Waals surface area contributed by atoms with E-state index in [1.807, 2.05) is 24.0 Å². The molecule has 0 bridgehead atoms. The molecule has 1 N–H and O–H groups in total. The Labute approximate surface area is 115 Å². The molecule has 2 rings (SSSR count). The van der Waals surface area contributed by atoms with Crippen LogP contribution in [0, 0.1) is 6.92 Å². The van der Waals surface area contributed by atoms with Crippen LogP contribution >= 0.6 is 0 Å². The molecule has 1 aliphatic rings. The Hall–Kier alpha value is -1.42. The number of pyridine rings is 1. The summed E-state index contributed by atoms with van der Waals surface area (Å²) in [6, 6.07) is 4.10. The summed E-state index contributed by atoms with van der Waals surface area (Å²) in [4.78, 5) is 18.8. The first kappa shape index (κ1) is 14.0. The number of amides is 1. The molecule has 2 heterocycles. The van der Waals surface area contributed by atoms with Crippen molar-refractivity contribution < 1.29 is 4.79 Å². The maximum absolute atomic E-state index is 12.6. The largest absolute Gasteiger partial charge is 0.334 e. The van der Waals surface area contributed by atoms with E-state index in [1.165, 1.54) is 0 Å². The molecular formula is C15H23N3O. The molecule has 19 heavy (non-hydrogen) atoms. The molecule has 104 valence electrons. The van der Waals surface area contributed by atoms with Crippen molar-refractivity contribution in [2.75, 3.05) is 19.6 Å². The summed E-state index contributed by atoms with van der Waals surface area (Å²) >= 11 is 0. The van der Waals surface area contributed by atoms with E-state index in [2.05, 4.69) is 17.2 Å². The highest BCUT2D eigenvalue weighted by Gasteiger charge is 2.25. The number of hydrogen-bond donors (Lipinski definition) is 1. The molecule has 4 nitrogen and oxygen atoms in total. The van der Waals surface area contributed by atoms with E-state index in [4.69, 9.17) is 0 Å². The Morgan fingerprint density at radius 3 is 2.95 bits per heavy atom. The number of nitrogens with one attached hydrogen (secondary N) is 1. The second-order valence-corrected chi connectivity index (χ2v) is 5.19. The highest BCUT2D eigenvalue weighted by Crippen LogP contribution is 2.15. The first-order chi connectivity index (χ1) is 9.22. The smallest absolute Gasteiger partial charge is 0.255 e. The van der Waals surface area contributed by atoms with Gasteiger partial charge in [-0.1, -0.05) is 6.92 Å². The van der Waals surface area contributed by atoms with Crippen LogP contribution in [0.3, 0.4) is 0 Å². The fraction of sp³-hybridized carbons (Fsp3) is 0.600. The van der Waals surface area contributed by atoms with Gasteiger partial charge in [0.1, 0.15) is 0 Å². The predicted octanol–water partition coefficient (Wildman–Crippen LogP) is 1.99. The lowest BCUT2D eigenvalue weighted by molar-refractivity contribution is 0.0648. The molecule has 4 heteroatoms. The third-order valence-corrected chi connectivity index (χ3v) is 3.60. The van der Waals surface area contributed by atoms with Crippen LogP contribution in [0.4, 0.5) is 0 Å². The van der Waals surface area contributed by atoms with Crippen LogP contribution in [0.1, 0.15) is 42.2 Å².